The Morgan fingerprint density at radius 3 is 2.27 bits per heavy atom. The number of thiazole rings is 1. The van der Waals surface area contributed by atoms with Crippen molar-refractivity contribution >= 4 is 50.8 Å². The third-order valence-electron chi connectivity index (χ3n) is 9.95. The van der Waals surface area contributed by atoms with E-state index >= 15 is 0 Å². The topological polar surface area (TPSA) is 125 Å². The van der Waals surface area contributed by atoms with Crippen LogP contribution in [0.25, 0.3) is 10.2 Å². The van der Waals surface area contributed by atoms with Crippen molar-refractivity contribution in [3.8, 4) is 17.2 Å². The molecule has 6 rings (SSSR count). The van der Waals surface area contributed by atoms with Crippen LogP contribution in [0, 0.1) is 17.8 Å². The van der Waals surface area contributed by atoms with E-state index in [0.717, 1.165) is 40.6 Å². The second kappa shape index (κ2) is 17.9. The number of hydrogen-bond donors (Lipinski definition) is 1. The van der Waals surface area contributed by atoms with Gasteiger partial charge >= 0.3 is 17.9 Å². The predicted molar refractivity (Wildman–Crippen MR) is 202 cm³/mol. The molecule has 1 N–H and O–H groups in total. The summed E-state index contributed by atoms with van der Waals surface area (Å²) in [5, 5.41) is 5.19. The molecular formula is C41H45N3O7S. The molecule has 2 fully saturated rings. The molecule has 0 aliphatic heterocycles. The number of anilines is 1. The molecule has 4 aromatic rings. The summed E-state index contributed by atoms with van der Waals surface area (Å²) in [6, 6.07) is 20.5. The normalized spacial score (nSPS) is 20.2. The fraction of sp³-hybridized carbons (Fsp3) is 0.390. The highest BCUT2D eigenvalue weighted by atomic mass is 32.1. The lowest BCUT2D eigenvalue weighted by atomic mass is 9.77. The Morgan fingerprint density at radius 2 is 1.58 bits per heavy atom. The average Bonchev–Trinajstić information content (AvgIpc) is 3.59. The smallest absolute Gasteiger partial charge is 0.333 e. The highest BCUT2D eigenvalue weighted by Crippen LogP contribution is 2.39. The maximum Gasteiger partial charge on any atom is 0.333 e. The van der Waals surface area contributed by atoms with Gasteiger partial charge in [-0.2, -0.15) is 5.10 Å². The van der Waals surface area contributed by atoms with Crippen LogP contribution < -0.4 is 19.6 Å². The van der Waals surface area contributed by atoms with Crippen LogP contribution >= 0.6 is 11.3 Å². The Balaban J connectivity index is 1.05. The molecule has 0 radical (unpaired) electrons. The van der Waals surface area contributed by atoms with Gasteiger partial charge < -0.3 is 18.9 Å². The van der Waals surface area contributed by atoms with E-state index in [9.17, 15) is 14.4 Å². The summed E-state index contributed by atoms with van der Waals surface area (Å²) in [4.78, 5) is 42.2. The van der Waals surface area contributed by atoms with Gasteiger partial charge in [-0.25, -0.2) is 9.78 Å². The van der Waals surface area contributed by atoms with Gasteiger partial charge in [-0.1, -0.05) is 55.9 Å². The van der Waals surface area contributed by atoms with E-state index in [1.807, 2.05) is 30.3 Å². The Hall–Kier alpha value is -5.03. The molecule has 1 aromatic heterocycles. The van der Waals surface area contributed by atoms with Gasteiger partial charge in [-0.3, -0.25) is 15.0 Å². The van der Waals surface area contributed by atoms with Crippen molar-refractivity contribution in [1.82, 2.24) is 4.98 Å². The van der Waals surface area contributed by atoms with Crippen molar-refractivity contribution in [3.63, 3.8) is 0 Å². The Bertz CT molecular complexity index is 1840. The fourth-order valence-electron chi connectivity index (χ4n) is 7.06. The number of rotatable bonds is 14. The number of benzene rings is 3. The summed E-state index contributed by atoms with van der Waals surface area (Å²) in [5.41, 5.74) is 5.95. The number of hydrogen-bond acceptors (Lipinski definition) is 11. The van der Waals surface area contributed by atoms with E-state index < -0.39 is 5.97 Å². The van der Waals surface area contributed by atoms with Crippen LogP contribution in [-0.4, -0.2) is 35.9 Å². The lowest BCUT2D eigenvalue weighted by molar-refractivity contribution is -0.145. The van der Waals surface area contributed by atoms with E-state index in [1.54, 1.807) is 30.5 Å². The van der Waals surface area contributed by atoms with Crippen LogP contribution in [0.4, 0.5) is 5.13 Å². The summed E-state index contributed by atoms with van der Waals surface area (Å²) in [6.07, 6.45) is 12.2. The minimum atomic E-state index is -0.582. The predicted octanol–water partition coefficient (Wildman–Crippen LogP) is 9.20. The van der Waals surface area contributed by atoms with Crippen LogP contribution in [-0.2, 0) is 19.1 Å². The molecule has 2 aliphatic carbocycles. The zero-order valence-electron chi connectivity index (χ0n) is 29.5. The van der Waals surface area contributed by atoms with E-state index in [1.165, 1.54) is 42.6 Å². The average molecular weight is 724 g/mol. The molecule has 3 aromatic carbocycles. The van der Waals surface area contributed by atoms with Crippen molar-refractivity contribution < 1.29 is 33.3 Å². The molecule has 1 heterocycles. The van der Waals surface area contributed by atoms with E-state index in [0.29, 0.717) is 54.0 Å². The van der Waals surface area contributed by atoms with E-state index in [2.05, 4.69) is 41.1 Å². The summed E-state index contributed by atoms with van der Waals surface area (Å²) in [6.45, 7) is 5.34. The molecule has 11 heteroatoms. The number of hydrazone groups is 1. The first-order chi connectivity index (χ1) is 25.4. The first-order valence-electron chi connectivity index (χ1n) is 18.1. The molecule has 0 saturated heterocycles. The van der Waals surface area contributed by atoms with Crippen molar-refractivity contribution in [2.75, 3.05) is 12.2 Å². The van der Waals surface area contributed by atoms with Crippen LogP contribution in [0.15, 0.2) is 84.5 Å². The van der Waals surface area contributed by atoms with Crippen molar-refractivity contribution in [3.05, 3.63) is 90.5 Å². The van der Waals surface area contributed by atoms with Gasteiger partial charge in [0.1, 0.15) is 17.2 Å². The molecule has 0 amide bonds. The number of carbonyl (C=O) groups is 3. The molecule has 0 unspecified atom stereocenters. The van der Waals surface area contributed by atoms with Gasteiger partial charge in [-0.05, 0) is 117 Å². The molecule has 10 nitrogen and oxygen atoms in total. The number of para-hydroxylation sites is 1. The van der Waals surface area contributed by atoms with Gasteiger partial charge in [0.15, 0.2) is 0 Å². The van der Waals surface area contributed by atoms with Crippen LogP contribution in [0.1, 0.15) is 88.2 Å². The summed E-state index contributed by atoms with van der Waals surface area (Å²) in [7, 11) is 0. The number of carbonyl (C=O) groups excluding carboxylic acids is 3. The van der Waals surface area contributed by atoms with Crippen molar-refractivity contribution in [2.24, 2.45) is 22.9 Å². The number of esters is 3. The summed E-state index contributed by atoms with van der Waals surface area (Å²) in [5.74, 6) is 0.727. The number of fused-ring (bicyclic) bond motifs is 1. The minimum absolute atomic E-state index is 0.252. The minimum Gasteiger partial charge on any atom is -0.457 e. The number of nitrogens with one attached hydrogen (secondary N) is 1. The number of aromatic nitrogens is 1. The molecule has 0 atom stereocenters. The van der Waals surface area contributed by atoms with Gasteiger partial charge in [0.25, 0.3) is 0 Å². The lowest BCUT2D eigenvalue weighted by Gasteiger charge is -2.29. The second-order valence-electron chi connectivity index (χ2n) is 13.5. The van der Waals surface area contributed by atoms with Gasteiger partial charge in [0.2, 0.25) is 11.9 Å². The largest absolute Gasteiger partial charge is 0.457 e. The first-order valence-corrected chi connectivity index (χ1v) is 18.9. The van der Waals surface area contributed by atoms with Crippen LogP contribution in [0.5, 0.6) is 17.2 Å². The van der Waals surface area contributed by atoms with E-state index in [4.69, 9.17) is 18.9 Å². The first kappa shape index (κ1) is 36.8. The molecule has 2 saturated carbocycles. The highest BCUT2D eigenvalue weighted by molar-refractivity contribution is 7.22. The standard InChI is InChI=1S/C41H45N3O7S/c1-3-7-27-10-12-28(13-11-27)31-18-23-36(32(24-31)25-42-44-41-43-35-8-5-6-9-37(35)52-41)51-40(47)30-16-14-29(15-17-30)39(46)50-34-21-19-33(20-22-34)48-26-49-38(45)4-2/h4-6,8-9,18-25,27-30H,2-3,7,10-17,26H2,1H3,(H,43,44)/b42-25+. The third-order valence-corrected chi connectivity index (χ3v) is 10.9. The highest BCUT2D eigenvalue weighted by Gasteiger charge is 2.32. The molecule has 272 valence electrons. The zero-order valence-corrected chi connectivity index (χ0v) is 30.3. The maximum absolute atomic E-state index is 13.5. The number of ether oxygens (including phenoxy) is 4. The van der Waals surface area contributed by atoms with E-state index in [-0.39, 0.29) is 30.6 Å². The van der Waals surface area contributed by atoms with Crippen molar-refractivity contribution in [1.29, 1.82) is 0 Å². The molecular weight excluding hydrogens is 679 g/mol. The Kier molecular flexibility index (Phi) is 12.7. The summed E-state index contributed by atoms with van der Waals surface area (Å²) < 4.78 is 22.9. The fourth-order valence-corrected chi connectivity index (χ4v) is 7.87. The monoisotopic (exact) mass is 723 g/mol. The van der Waals surface area contributed by atoms with Gasteiger partial charge in [0.05, 0.1) is 28.3 Å². The SMILES string of the molecule is C=CC(=O)OCOc1ccc(OC(=O)C2CCC(C(=O)Oc3ccc(C4CCC(CCC)CC4)cc3/C=N/Nc3nc4ccccc4s3)CC2)cc1. The zero-order chi connectivity index (χ0) is 36.3. The molecule has 52 heavy (non-hydrogen) atoms. The Labute approximate surface area is 308 Å². The lowest BCUT2D eigenvalue weighted by Crippen LogP contribution is -2.30. The van der Waals surface area contributed by atoms with Gasteiger partial charge in [0, 0.05) is 11.6 Å². The van der Waals surface area contributed by atoms with Crippen LogP contribution in [0.2, 0.25) is 0 Å². The molecule has 2 aliphatic rings. The Morgan fingerprint density at radius 1 is 0.885 bits per heavy atom. The summed E-state index contributed by atoms with van der Waals surface area (Å²) >= 11 is 1.53. The second-order valence-corrected chi connectivity index (χ2v) is 14.5. The maximum atomic E-state index is 13.5. The quantitative estimate of drug-likeness (QED) is 0.0339. The van der Waals surface area contributed by atoms with Crippen LogP contribution in [0.3, 0.4) is 0 Å². The van der Waals surface area contributed by atoms with Crippen molar-refractivity contribution in [2.45, 2.75) is 77.0 Å². The third kappa shape index (κ3) is 9.85. The van der Waals surface area contributed by atoms with Gasteiger partial charge in [-0.15, -0.1) is 0 Å². The molecule has 0 spiro atoms. The molecule has 0 bridgehead atoms. The number of nitrogens with zero attached hydrogens (tertiary/aromatic N) is 2.